The standard InChI is InChI=1S/C18H24N2S/c1-18(2,3)15-12-21-16(20-15)10-9-14-7-4-6-13-8-5-11-19-17(13)14/h4,6-7,12,19H,5,8-11H2,1-3H3. The molecule has 1 aromatic heterocycles. The lowest BCUT2D eigenvalue weighted by Crippen LogP contribution is -2.14. The molecule has 21 heavy (non-hydrogen) atoms. The summed E-state index contributed by atoms with van der Waals surface area (Å²) < 4.78 is 0. The van der Waals surface area contributed by atoms with Gasteiger partial charge in [0.2, 0.25) is 0 Å². The van der Waals surface area contributed by atoms with E-state index in [0.717, 1.165) is 19.4 Å². The third-order valence-electron chi connectivity index (χ3n) is 4.09. The van der Waals surface area contributed by atoms with Gasteiger partial charge in [-0.25, -0.2) is 4.98 Å². The van der Waals surface area contributed by atoms with Crippen molar-refractivity contribution < 1.29 is 0 Å². The predicted molar refractivity (Wildman–Crippen MR) is 91.5 cm³/mol. The van der Waals surface area contributed by atoms with Crippen molar-refractivity contribution in [2.24, 2.45) is 0 Å². The minimum Gasteiger partial charge on any atom is -0.385 e. The number of aromatic nitrogens is 1. The zero-order chi connectivity index (χ0) is 14.9. The maximum atomic E-state index is 4.81. The lowest BCUT2D eigenvalue weighted by atomic mass is 9.93. The van der Waals surface area contributed by atoms with Crippen molar-refractivity contribution >= 4 is 17.0 Å². The Balaban J connectivity index is 1.72. The molecule has 0 fully saturated rings. The van der Waals surface area contributed by atoms with Gasteiger partial charge in [0, 0.05) is 29.4 Å². The van der Waals surface area contributed by atoms with Gasteiger partial charge in [-0.1, -0.05) is 39.0 Å². The minimum atomic E-state index is 0.155. The van der Waals surface area contributed by atoms with Crippen molar-refractivity contribution in [3.8, 4) is 0 Å². The van der Waals surface area contributed by atoms with Crippen LogP contribution < -0.4 is 5.32 Å². The van der Waals surface area contributed by atoms with Gasteiger partial charge < -0.3 is 5.32 Å². The van der Waals surface area contributed by atoms with Crippen LogP contribution in [0.5, 0.6) is 0 Å². The highest BCUT2D eigenvalue weighted by molar-refractivity contribution is 7.09. The molecule has 0 unspecified atom stereocenters. The van der Waals surface area contributed by atoms with Gasteiger partial charge in [-0.3, -0.25) is 0 Å². The number of hydrogen-bond acceptors (Lipinski definition) is 3. The molecule has 3 rings (SSSR count). The Morgan fingerprint density at radius 3 is 2.86 bits per heavy atom. The molecule has 0 spiro atoms. The normalized spacial score (nSPS) is 14.6. The summed E-state index contributed by atoms with van der Waals surface area (Å²) in [6, 6.07) is 6.71. The summed E-state index contributed by atoms with van der Waals surface area (Å²) in [5.41, 5.74) is 5.68. The Morgan fingerprint density at radius 1 is 1.24 bits per heavy atom. The van der Waals surface area contributed by atoms with E-state index in [-0.39, 0.29) is 5.41 Å². The summed E-state index contributed by atoms with van der Waals surface area (Å²) in [5, 5.41) is 7.05. The fraction of sp³-hybridized carbons (Fsp3) is 0.500. The molecule has 0 aliphatic carbocycles. The second-order valence-electron chi connectivity index (χ2n) is 6.86. The average molecular weight is 300 g/mol. The molecule has 1 aromatic carbocycles. The first-order valence-corrected chi connectivity index (χ1v) is 8.71. The third-order valence-corrected chi connectivity index (χ3v) is 5.00. The predicted octanol–water partition coefficient (Wildman–Crippen LogP) is 4.58. The van der Waals surface area contributed by atoms with E-state index < -0.39 is 0 Å². The Bertz CT molecular complexity index is 622. The van der Waals surface area contributed by atoms with Crippen molar-refractivity contribution in [3.05, 3.63) is 45.4 Å². The van der Waals surface area contributed by atoms with Crippen molar-refractivity contribution in [2.45, 2.75) is 51.9 Å². The quantitative estimate of drug-likeness (QED) is 0.897. The topological polar surface area (TPSA) is 24.9 Å². The number of benzene rings is 1. The molecule has 2 heterocycles. The molecule has 112 valence electrons. The van der Waals surface area contributed by atoms with Crippen LogP contribution in [0.25, 0.3) is 0 Å². The number of thiazole rings is 1. The van der Waals surface area contributed by atoms with Gasteiger partial charge in [0.15, 0.2) is 0 Å². The minimum absolute atomic E-state index is 0.155. The van der Waals surface area contributed by atoms with Crippen LogP contribution in [0, 0.1) is 0 Å². The Hall–Kier alpha value is -1.35. The molecule has 0 bridgehead atoms. The number of fused-ring (bicyclic) bond motifs is 1. The summed E-state index contributed by atoms with van der Waals surface area (Å²) in [7, 11) is 0. The van der Waals surface area contributed by atoms with E-state index in [1.165, 1.54) is 40.4 Å². The van der Waals surface area contributed by atoms with Gasteiger partial charge in [-0.05, 0) is 30.4 Å². The lowest BCUT2D eigenvalue weighted by molar-refractivity contribution is 0.570. The summed E-state index contributed by atoms with van der Waals surface area (Å²) in [4.78, 5) is 4.81. The number of nitrogens with one attached hydrogen (secondary N) is 1. The smallest absolute Gasteiger partial charge is 0.0931 e. The Morgan fingerprint density at radius 2 is 2.10 bits per heavy atom. The zero-order valence-corrected chi connectivity index (χ0v) is 14.0. The van der Waals surface area contributed by atoms with Crippen LogP contribution in [0.4, 0.5) is 5.69 Å². The van der Waals surface area contributed by atoms with Gasteiger partial charge >= 0.3 is 0 Å². The molecule has 1 aliphatic rings. The molecule has 2 aromatic rings. The van der Waals surface area contributed by atoms with Crippen LogP contribution in [-0.2, 0) is 24.7 Å². The van der Waals surface area contributed by atoms with Gasteiger partial charge in [-0.15, -0.1) is 11.3 Å². The molecule has 2 nitrogen and oxygen atoms in total. The van der Waals surface area contributed by atoms with E-state index in [0.29, 0.717) is 0 Å². The second kappa shape index (κ2) is 5.80. The number of aryl methyl sites for hydroxylation is 3. The first-order chi connectivity index (χ1) is 10.0. The maximum absolute atomic E-state index is 4.81. The van der Waals surface area contributed by atoms with Gasteiger partial charge in [0.05, 0.1) is 10.7 Å². The van der Waals surface area contributed by atoms with Crippen LogP contribution in [0.2, 0.25) is 0 Å². The molecule has 0 amide bonds. The first kappa shape index (κ1) is 14.6. The van der Waals surface area contributed by atoms with Crippen molar-refractivity contribution in [1.29, 1.82) is 0 Å². The fourth-order valence-electron chi connectivity index (χ4n) is 2.80. The molecule has 1 aliphatic heterocycles. The van der Waals surface area contributed by atoms with Crippen molar-refractivity contribution in [2.75, 3.05) is 11.9 Å². The summed E-state index contributed by atoms with van der Waals surface area (Å²) in [6.07, 6.45) is 4.58. The summed E-state index contributed by atoms with van der Waals surface area (Å²) >= 11 is 1.80. The highest BCUT2D eigenvalue weighted by Gasteiger charge is 2.18. The van der Waals surface area contributed by atoms with E-state index in [1.54, 1.807) is 11.3 Å². The average Bonchev–Trinajstić information content (AvgIpc) is 2.94. The number of anilines is 1. The van der Waals surface area contributed by atoms with Gasteiger partial charge in [0.1, 0.15) is 0 Å². The number of nitrogens with zero attached hydrogens (tertiary/aromatic N) is 1. The zero-order valence-electron chi connectivity index (χ0n) is 13.2. The lowest BCUT2D eigenvalue weighted by Gasteiger charge is -2.21. The highest BCUT2D eigenvalue weighted by atomic mass is 32.1. The molecule has 0 atom stereocenters. The van der Waals surface area contributed by atoms with E-state index >= 15 is 0 Å². The van der Waals surface area contributed by atoms with Gasteiger partial charge in [0.25, 0.3) is 0 Å². The van der Waals surface area contributed by atoms with Crippen molar-refractivity contribution in [3.63, 3.8) is 0 Å². The number of para-hydroxylation sites is 1. The molecule has 1 N–H and O–H groups in total. The molecular weight excluding hydrogens is 276 g/mol. The molecule has 0 saturated heterocycles. The monoisotopic (exact) mass is 300 g/mol. The molecular formula is C18H24N2S. The summed E-state index contributed by atoms with van der Waals surface area (Å²) in [5.74, 6) is 0. The highest BCUT2D eigenvalue weighted by Crippen LogP contribution is 2.28. The van der Waals surface area contributed by atoms with Gasteiger partial charge in [-0.2, -0.15) is 0 Å². The second-order valence-corrected chi connectivity index (χ2v) is 7.80. The summed E-state index contributed by atoms with van der Waals surface area (Å²) in [6.45, 7) is 7.78. The van der Waals surface area contributed by atoms with Crippen LogP contribution in [-0.4, -0.2) is 11.5 Å². The maximum Gasteiger partial charge on any atom is 0.0931 e. The first-order valence-electron chi connectivity index (χ1n) is 7.83. The van der Waals surface area contributed by atoms with E-state index in [2.05, 4.69) is 49.7 Å². The van der Waals surface area contributed by atoms with Crippen LogP contribution in [0.1, 0.15) is 49.0 Å². The molecule has 3 heteroatoms. The van der Waals surface area contributed by atoms with Crippen molar-refractivity contribution in [1.82, 2.24) is 4.98 Å². The Kier molecular flexibility index (Phi) is 4.03. The van der Waals surface area contributed by atoms with Crippen LogP contribution in [0.3, 0.4) is 0 Å². The fourth-order valence-corrected chi connectivity index (χ4v) is 3.83. The SMILES string of the molecule is CC(C)(C)c1csc(CCc2cccc3c2NCCC3)n1. The largest absolute Gasteiger partial charge is 0.385 e. The van der Waals surface area contributed by atoms with E-state index in [9.17, 15) is 0 Å². The van der Waals surface area contributed by atoms with Crippen LogP contribution >= 0.6 is 11.3 Å². The van der Waals surface area contributed by atoms with E-state index in [1.807, 2.05) is 0 Å². The third kappa shape index (κ3) is 3.29. The Labute approximate surface area is 131 Å². The van der Waals surface area contributed by atoms with Crippen LogP contribution in [0.15, 0.2) is 23.6 Å². The molecule has 0 radical (unpaired) electrons. The molecule has 0 saturated carbocycles. The van der Waals surface area contributed by atoms with E-state index in [4.69, 9.17) is 4.98 Å². The number of rotatable bonds is 3. The number of hydrogen-bond donors (Lipinski definition) is 1.